The number of anilines is 1. The highest BCUT2D eigenvalue weighted by molar-refractivity contribution is 5.90. The van der Waals surface area contributed by atoms with Gasteiger partial charge in [0.25, 0.3) is 0 Å². The Morgan fingerprint density at radius 2 is 2.00 bits per heavy atom. The molecule has 0 saturated carbocycles. The second kappa shape index (κ2) is 4.74. The average Bonchev–Trinajstić information content (AvgIpc) is 2.83. The Morgan fingerprint density at radius 1 is 1.33 bits per heavy atom. The summed E-state index contributed by atoms with van der Waals surface area (Å²) in [6.45, 7) is 0. The molecule has 0 aliphatic heterocycles. The van der Waals surface area contributed by atoms with Crippen molar-refractivity contribution in [1.82, 2.24) is 15.0 Å². The Labute approximate surface area is 103 Å². The molecule has 18 heavy (non-hydrogen) atoms. The van der Waals surface area contributed by atoms with E-state index in [0.717, 1.165) is 0 Å². The second-order valence-electron chi connectivity index (χ2n) is 3.44. The zero-order valence-electron chi connectivity index (χ0n) is 9.91. The average molecular weight is 248 g/mol. The number of methoxy groups -OCH3 is 1. The summed E-state index contributed by atoms with van der Waals surface area (Å²) < 4.78 is 5.04. The van der Waals surface area contributed by atoms with Crippen molar-refractivity contribution in [2.45, 2.75) is 0 Å². The summed E-state index contributed by atoms with van der Waals surface area (Å²) in [5.74, 6) is -0.198. The largest absolute Gasteiger partial charge is 0.497 e. The predicted octanol–water partition coefficient (Wildman–Crippen LogP) is 1.02. The van der Waals surface area contributed by atoms with Crippen LogP contribution in [0.3, 0.4) is 0 Å². The number of nitrogens with zero attached hydrogens (tertiary/aromatic N) is 3. The molecule has 0 fully saturated rings. The molecular formula is C11H12N4O3. The summed E-state index contributed by atoms with van der Waals surface area (Å²) in [5, 5.41) is 19.6. The lowest BCUT2D eigenvalue weighted by atomic mass is 10.3. The molecule has 0 aliphatic carbocycles. The standard InChI is InChI=1S/C11H12N4O3/c1-12-10-9(11(16)17)13-15(14-10)7-3-5-8(18-2)6-4-7/h3-6H,1-2H3,(H,12,14)(H,16,17). The second-order valence-corrected chi connectivity index (χ2v) is 3.44. The fourth-order valence-corrected chi connectivity index (χ4v) is 1.45. The van der Waals surface area contributed by atoms with Crippen molar-refractivity contribution < 1.29 is 14.6 Å². The van der Waals surface area contributed by atoms with Crippen LogP contribution in [0, 0.1) is 0 Å². The summed E-state index contributed by atoms with van der Waals surface area (Å²) in [6.07, 6.45) is 0. The molecule has 0 spiro atoms. The van der Waals surface area contributed by atoms with Gasteiger partial charge in [-0.25, -0.2) is 4.79 Å². The van der Waals surface area contributed by atoms with Gasteiger partial charge in [-0.05, 0) is 24.3 Å². The molecule has 0 atom stereocenters. The maximum atomic E-state index is 10.9. The number of carboxylic acid groups (broad SMARTS) is 1. The van der Waals surface area contributed by atoms with Crippen LogP contribution in [-0.2, 0) is 0 Å². The molecule has 94 valence electrons. The van der Waals surface area contributed by atoms with Crippen LogP contribution in [-0.4, -0.2) is 40.2 Å². The zero-order valence-corrected chi connectivity index (χ0v) is 9.91. The highest BCUT2D eigenvalue weighted by Gasteiger charge is 2.17. The number of hydrogen-bond acceptors (Lipinski definition) is 5. The monoisotopic (exact) mass is 248 g/mol. The first kappa shape index (κ1) is 11.9. The SMILES string of the molecule is CNc1nn(-c2ccc(OC)cc2)nc1C(=O)O. The normalized spacial score (nSPS) is 10.1. The lowest BCUT2D eigenvalue weighted by Gasteiger charge is -2.01. The molecule has 2 aromatic rings. The van der Waals surface area contributed by atoms with Crippen LogP contribution in [0.25, 0.3) is 5.69 Å². The van der Waals surface area contributed by atoms with E-state index in [1.54, 1.807) is 38.4 Å². The third kappa shape index (κ3) is 2.10. The smallest absolute Gasteiger partial charge is 0.360 e. The predicted molar refractivity (Wildman–Crippen MR) is 64.4 cm³/mol. The maximum absolute atomic E-state index is 10.9. The van der Waals surface area contributed by atoms with Crippen molar-refractivity contribution in [3.63, 3.8) is 0 Å². The molecule has 1 aromatic heterocycles. The number of nitrogens with one attached hydrogen (secondary N) is 1. The van der Waals surface area contributed by atoms with Crippen LogP contribution in [0.4, 0.5) is 5.82 Å². The Morgan fingerprint density at radius 3 is 2.44 bits per heavy atom. The van der Waals surface area contributed by atoms with Crippen molar-refractivity contribution >= 4 is 11.8 Å². The quantitative estimate of drug-likeness (QED) is 0.839. The number of benzene rings is 1. The number of ether oxygens (including phenoxy) is 1. The number of carbonyl (C=O) groups is 1. The van der Waals surface area contributed by atoms with E-state index >= 15 is 0 Å². The molecule has 0 unspecified atom stereocenters. The summed E-state index contributed by atoms with van der Waals surface area (Å²) in [4.78, 5) is 12.2. The maximum Gasteiger partial charge on any atom is 0.360 e. The number of rotatable bonds is 4. The number of carboxylic acids is 1. The molecule has 0 aliphatic rings. The molecule has 7 nitrogen and oxygen atoms in total. The molecular weight excluding hydrogens is 236 g/mol. The fourth-order valence-electron chi connectivity index (χ4n) is 1.45. The van der Waals surface area contributed by atoms with Crippen molar-refractivity contribution in [3.8, 4) is 11.4 Å². The lowest BCUT2D eigenvalue weighted by molar-refractivity contribution is 0.0691. The van der Waals surface area contributed by atoms with E-state index < -0.39 is 5.97 Å². The van der Waals surface area contributed by atoms with E-state index in [2.05, 4.69) is 15.5 Å². The van der Waals surface area contributed by atoms with Gasteiger partial charge >= 0.3 is 5.97 Å². The van der Waals surface area contributed by atoms with Gasteiger partial charge in [0.05, 0.1) is 12.8 Å². The summed E-state index contributed by atoms with van der Waals surface area (Å²) >= 11 is 0. The van der Waals surface area contributed by atoms with Crippen LogP contribution >= 0.6 is 0 Å². The highest BCUT2D eigenvalue weighted by atomic mass is 16.5. The fraction of sp³-hybridized carbons (Fsp3) is 0.182. The van der Waals surface area contributed by atoms with E-state index in [0.29, 0.717) is 11.4 Å². The zero-order chi connectivity index (χ0) is 13.1. The number of hydrogen-bond donors (Lipinski definition) is 2. The summed E-state index contributed by atoms with van der Waals surface area (Å²) in [6, 6.07) is 6.98. The van der Waals surface area contributed by atoms with Crippen molar-refractivity contribution in [3.05, 3.63) is 30.0 Å². The van der Waals surface area contributed by atoms with Crippen LogP contribution in [0.1, 0.15) is 10.5 Å². The molecule has 7 heteroatoms. The van der Waals surface area contributed by atoms with E-state index in [4.69, 9.17) is 9.84 Å². The van der Waals surface area contributed by atoms with Crippen LogP contribution in [0.2, 0.25) is 0 Å². The third-order valence-electron chi connectivity index (χ3n) is 2.36. The molecule has 0 amide bonds. The van der Waals surface area contributed by atoms with Crippen molar-refractivity contribution in [2.24, 2.45) is 0 Å². The minimum Gasteiger partial charge on any atom is -0.497 e. The molecule has 0 bridgehead atoms. The van der Waals surface area contributed by atoms with Gasteiger partial charge in [0.2, 0.25) is 5.69 Å². The van der Waals surface area contributed by atoms with Crippen LogP contribution in [0.5, 0.6) is 5.75 Å². The van der Waals surface area contributed by atoms with Crippen LogP contribution < -0.4 is 10.1 Å². The van der Waals surface area contributed by atoms with Crippen LogP contribution in [0.15, 0.2) is 24.3 Å². The molecule has 0 radical (unpaired) electrons. The lowest BCUT2D eigenvalue weighted by Crippen LogP contribution is -2.02. The van der Waals surface area contributed by atoms with Gasteiger partial charge in [-0.1, -0.05) is 0 Å². The van der Waals surface area contributed by atoms with Gasteiger partial charge < -0.3 is 15.2 Å². The van der Waals surface area contributed by atoms with Gasteiger partial charge in [-0.15, -0.1) is 15.0 Å². The van der Waals surface area contributed by atoms with Crippen molar-refractivity contribution in [2.75, 3.05) is 19.5 Å². The molecule has 1 aromatic carbocycles. The molecule has 2 N–H and O–H groups in total. The van der Waals surface area contributed by atoms with Gasteiger partial charge in [0.15, 0.2) is 5.82 Å². The first-order chi connectivity index (χ1) is 8.65. The molecule has 0 saturated heterocycles. The Balaban J connectivity index is 2.40. The minimum atomic E-state index is -1.13. The topological polar surface area (TPSA) is 89.3 Å². The first-order valence-electron chi connectivity index (χ1n) is 5.18. The van der Waals surface area contributed by atoms with Gasteiger partial charge in [0.1, 0.15) is 5.75 Å². The van der Waals surface area contributed by atoms with Crippen molar-refractivity contribution in [1.29, 1.82) is 0 Å². The van der Waals surface area contributed by atoms with Gasteiger partial charge in [0, 0.05) is 7.05 Å². The summed E-state index contributed by atoms with van der Waals surface area (Å²) in [7, 11) is 3.16. The van der Waals surface area contributed by atoms with E-state index in [9.17, 15) is 4.79 Å². The Bertz CT molecular complexity index is 562. The Hall–Kier alpha value is -2.57. The highest BCUT2D eigenvalue weighted by Crippen LogP contribution is 2.16. The van der Waals surface area contributed by atoms with E-state index in [1.165, 1.54) is 4.80 Å². The first-order valence-corrected chi connectivity index (χ1v) is 5.18. The number of aromatic nitrogens is 3. The molecule has 2 rings (SSSR count). The number of aromatic carboxylic acids is 1. The van der Waals surface area contributed by atoms with E-state index in [-0.39, 0.29) is 11.5 Å². The van der Waals surface area contributed by atoms with Gasteiger partial charge in [-0.3, -0.25) is 0 Å². The summed E-state index contributed by atoms with van der Waals surface area (Å²) in [5.41, 5.74) is 0.535. The van der Waals surface area contributed by atoms with E-state index in [1.807, 2.05) is 0 Å². The third-order valence-corrected chi connectivity index (χ3v) is 2.36. The molecule has 1 heterocycles. The Kier molecular flexibility index (Phi) is 3.13. The van der Waals surface area contributed by atoms with Gasteiger partial charge in [-0.2, -0.15) is 0 Å². The minimum absolute atomic E-state index is 0.117.